The van der Waals surface area contributed by atoms with Crippen LogP contribution in [0.15, 0.2) is 48.1 Å². The van der Waals surface area contributed by atoms with E-state index in [-0.39, 0.29) is 22.8 Å². The molecule has 0 aliphatic heterocycles. The van der Waals surface area contributed by atoms with E-state index in [9.17, 15) is 9.90 Å². The quantitative estimate of drug-likeness (QED) is 0.281. The highest BCUT2D eigenvalue weighted by Crippen LogP contribution is 2.67. The molecule has 0 aromatic heterocycles. The van der Waals surface area contributed by atoms with Crippen molar-refractivity contribution in [2.24, 2.45) is 52.3 Å². The number of allylic oxidation sites excluding steroid dienone is 3. The van der Waals surface area contributed by atoms with Gasteiger partial charge in [-0.2, -0.15) is 0 Å². The fraction of sp³-hybridized carbons (Fsp3) is 0.694. The molecule has 0 bridgehead atoms. The Bertz CT molecular complexity index is 1100. The Hall–Kier alpha value is -2.03. The summed E-state index contributed by atoms with van der Waals surface area (Å²) in [5.41, 5.74) is 2.48. The molecular formula is C36H52O3. The lowest BCUT2D eigenvalue weighted by atomic mass is 9.47. The minimum Gasteiger partial charge on any atom is -0.507 e. The molecule has 1 aromatic rings. The molecule has 0 heterocycles. The van der Waals surface area contributed by atoms with Gasteiger partial charge in [-0.25, -0.2) is 4.79 Å². The first kappa shape index (κ1) is 28.5. The van der Waals surface area contributed by atoms with Crippen LogP contribution in [-0.4, -0.2) is 17.2 Å². The molecule has 3 heteroatoms. The highest BCUT2D eigenvalue weighted by molar-refractivity contribution is 5.92. The van der Waals surface area contributed by atoms with Crippen molar-refractivity contribution in [2.75, 3.05) is 0 Å². The third-order valence-corrected chi connectivity index (χ3v) is 12.2. The SMILES string of the molecule is CC[C@H](C=C[C@@H](C)[C@H]1CC[C@H]2[C@@H]3CC=C4C[C@@H](OC(=O)c5ccccc5O)CC[C@]4(C)[C@H]3CC[C@]12C)C(C)C. The molecule has 3 fully saturated rings. The van der Waals surface area contributed by atoms with Crippen LogP contribution in [0.25, 0.3) is 0 Å². The molecule has 0 unspecified atom stereocenters. The molecule has 0 radical (unpaired) electrons. The molecule has 1 N–H and O–H groups in total. The third-order valence-electron chi connectivity index (χ3n) is 12.2. The van der Waals surface area contributed by atoms with E-state index < -0.39 is 5.97 Å². The Balaban J connectivity index is 1.27. The van der Waals surface area contributed by atoms with Crippen LogP contribution < -0.4 is 0 Å². The highest BCUT2D eigenvalue weighted by atomic mass is 16.5. The van der Waals surface area contributed by atoms with Gasteiger partial charge in [0.25, 0.3) is 0 Å². The van der Waals surface area contributed by atoms with Gasteiger partial charge in [-0.05, 0) is 116 Å². The van der Waals surface area contributed by atoms with Crippen molar-refractivity contribution in [3.05, 3.63) is 53.6 Å². The maximum absolute atomic E-state index is 12.8. The number of carbonyl (C=O) groups is 1. The first-order valence-corrected chi connectivity index (χ1v) is 15.9. The average molecular weight is 533 g/mol. The number of hydrogen-bond donors (Lipinski definition) is 1. The van der Waals surface area contributed by atoms with Crippen molar-refractivity contribution in [1.82, 2.24) is 0 Å². The van der Waals surface area contributed by atoms with E-state index in [4.69, 9.17) is 4.74 Å². The zero-order valence-corrected chi connectivity index (χ0v) is 25.3. The Morgan fingerprint density at radius 2 is 1.82 bits per heavy atom. The lowest BCUT2D eigenvalue weighted by Crippen LogP contribution is -2.51. The molecule has 39 heavy (non-hydrogen) atoms. The second-order valence-electron chi connectivity index (χ2n) is 14.3. The lowest BCUT2D eigenvalue weighted by Gasteiger charge is -2.58. The smallest absolute Gasteiger partial charge is 0.342 e. The summed E-state index contributed by atoms with van der Waals surface area (Å²) in [5, 5.41) is 10.1. The van der Waals surface area contributed by atoms with Gasteiger partial charge in [0.15, 0.2) is 0 Å². The van der Waals surface area contributed by atoms with Crippen LogP contribution in [0.1, 0.15) is 110 Å². The topological polar surface area (TPSA) is 46.5 Å². The zero-order chi connectivity index (χ0) is 27.9. The van der Waals surface area contributed by atoms with Crippen molar-refractivity contribution in [1.29, 1.82) is 0 Å². The molecule has 3 saturated carbocycles. The van der Waals surface area contributed by atoms with E-state index in [0.29, 0.717) is 23.2 Å². The molecule has 214 valence electrons. The van der Waals surface area contributed by atoms with Crippen LogP contribution in [0.2, 0.25) is 0 Å². The first-order chi connectivity index (χ1) is 18.6. The fourth-order valence-electron chi connectivity index (χ4n) is 9.78. The maximum Gasteiger partial charge on any atom is 0.342 e. The van der Waals surface area contributed by atoms with Gasteiger partial charge in [0.1, 0.15) is 17.4 Å². The standard InChI is InChI=1S/C36H52O3/c1-7-25(23(2)3)13-12-24(4)30-16-17-31-28-15-14-26-22-27(39-34(38)29-10-8-9-11-33(29)37)18-20-35(26,5)32(28)19-21-36(30,31)6/h8-14,23-25,27-28,30-32,37H,7,15-22H2,1-6H3/t24-,25-,27+,28+,30-,31+,32+,35+,36-/m1/s1. The predicted octanol–water partition coefficient (Wildman–Crippen LogP) is 9.37. The third kappa shape index (κ3) is 5.13. The van der Waals surface area contributed by atoms with Crippen molar-refractivity contribution in [3.63, 3.8) is 0 Å². The number of aromatic hydroxyl groups is 1. The number of fused-ring (bicyclic) bond motifs is 5. The minimum absolute atomic E-state index is 0.00194. The molecule has 5 rings (SSSR count). The highest BCUT2D eigenvalue weighted by Gasteiger charge is 2.59. The summed E-state index contributed by atoms with van der Waals surface area (Å²) in [7, 11) is 0. The second-order valence-corrected chi connectivity index (χ2v) is 14.3. The zero-order valence-electron chi connectivity index (χ0n) is 25.3. The minimum atomic E-state index is -0.400. The van der Waals surface area contributed by atoms with E-state index in [1.54, 1.807) is 24.3 Å². The summed E-state index contributed by atoms with van der Waals surface area (Å²) >= 11 is 0. The summed E-state index contributed by atoms with van der Waals surface area (Å²) in [6.07, 6.45) is 18.3. The molecular weight excluding hydrogens is 480 g/mol. The lowest BCUT2D eigenvalue weighted by molar-refractivity contribution is -0.0565. The Morgan fingerprint density at radius 3 is 2.54 bits per heavy atom. The molecule has 1 aromatic carbocycles. The van der Waals surface area contributed by atoms with Crippen molar-refractivity contribution < 1.29 is 14.6 Å². The summed E-state index contributed by atoms with van der Waals surface area (Å²) in [4.78, 5) is 12.8. The van der Waals surface area contributed by atoms with Crippen LogP contribution in [0.3, 0.4) is 0 Å². The van der Waals surface area contributed by atoms with Gasteiger partial charge >= 0.3 is 5.97 Å². The Labute approximate surface area is 237 Å². The number of benzene rings is 1. The van der Waals surface area contributed by atoms with Crippen molar-refractivity contribution in [2.45, 2.75) is 105 Å². The van der Waals surface area contributed by atoms with Crippen molar-refractivity contribution >= 4 is 5.97 Å². The van der Waals surface area contributed by atoms with Gasteiger partial charge in [0, 0.05) is 6.42 Å². The number of phenolic OH excluding ortho intramolecular Hbond substituents is 1. The van der Waals surface area contributed by atoms with Gasteiger partial charge in [-0.3, -0.25) is 0 Å². The first-order valence-electron chi connectivity index (χ1n) is 15.9. The summed E-state index contributed by atoms with van der Waals surface area (Å²) < 4.78 is 5.93. The van der Waals surface area contributed by atoms with Gasteiger partial charge in [0.2, 0.25) is 0 Å². The number of rotatable bonds is 7. The summed E-state index contributed by atoms with van der Waals surface area (Å²) in [6, 6.07) is 6.70. The summed E-state index contributed by atoms with van der Waals surface area (Å²) in [6.45, 7) is 14.7. The van der Waals surface area contributed by atoms with E-state index in [0.717, 1.165) is 42.9 Å². The van der Waals surface area contributed by atoms with Crippen molar-refractivity contribution in [3.8, 4) is 5.75 Å². The molecule has 0 saturated heterocycles. The normalized spacial score (nSPS) is 37.5. The van der Waals surface area contributed by atoms with Gasteiger partial charge in [-0.1, -0.05) is 77.5 Å². The van der Waals surface area contributed by atoms with Crippen LogP contribution in [0.4, 0.5) is 0 Å². The Morgan fingerprint density at radius 1 is 1.05 bits per heavy atom. The number of para-hydroxylation sites is 1. The number of esters is 1. The van der Waals surface area contributed by atoms with Crippen LogP contribution in [0, 0.1) is 52.3 Å². The van der Waals surface area contributed by atoms with Crippen LogP contribution in [0.5, 0.6) is 5.75 Å². The van der Waals surface area contributed by atoms with E-state index in [1.165, 1.54) is 44.1 Å². The molecule has 0 spiro atoms. The van der Waals surface area contributed by atoms with E-state index in [2.05, 4.69) is 59.8 Å². The fourth-order valence-corrected chi connectivity index (χ4v) is 9.78. The van der Waals surface area contributed by atoms with Gasteiger partial charge < -0.3 is 9.84 Å². The molecule has 0 amide bonds. The molecule has 9 atom stereocenters. The van der Waals surface area contributed by atoms with Gasteiger partial charge in [-0.15, -0.1) is 0 Å². The number of ether oxygens (including phenoxy) is 1. The maximum atomic E-state index is 12.8. The van der Waals surface area contributed by atoms with E-state index in [1.807, 2.05) is 0 Å². The predicted molar refractivity (Wildman–Crippen MR) is 159 cm³/mol. The molecule has 3 nitrogen and oxygen atoms in total. The largest absolute Gasteiger partial charge is 0.507 e. The van der Waals surface area contributed by atoms with E-state index >= 15 is 0 Å². The molecule has 4 aliphatic rings. The number of hydrogen-bond acceptors (Lipinski definition) is 3. The summed E-state index contributed by atoms with van der Waals surface area (Å²) in [5.74, 6) is 4.84. The monoisotopic (exact) mass is 532 g/mol. The number of phenols is 1. The average Bonchev–Trinajstić information content (AvgIpc) is 3.26. The van der Waals surface area contributed by atoms with Gasteiger partial charge in [0.05, 0.1) is 0 Å². The molecule has 4 aliphatic carbocycles. The Kier molecular flexibility index (Phi) is 8.11. The second kappa shape index (κ2) is 11.1. The van der Waals surface area contributed by atoms with Crippen LogP contribution >= 0.6 is 0 Å². The van der Waals surface area contributed by atoms with Crippen LogP contribution in [-0.2, 0) is 4.74 Å². The number of carbonyl (C=O) groups excluding carboxylic acids is 1.